The maximum atomic E-state index is 14.6. The van der Waals surface area contributed by atoms with Gasteiger partial charge in [0.2, 0.25) is 0 Å². The lowest BCUT2D eigenvalue weighted by Crippen LogP contribution is -2.45. The van der Waals surface area contributed by atoms with Crippen LogP contribution < -0.4 is 4.74 Å². The number of pyridine rings is 1. The van der Waals surface area contributed by atoms with E-state index in [-0.39, 0.29) is 44.0 Å². The number of fused-ring (bicyclic) bond motifs is 1. The summed E-state index contributed by atoms with van der Waals surface area (Å²) in [5.41, 5.74) is 3.47. The van der Waals surface area contributed by atoms with Crippen LogP contribution in [0.2, 0.25) is 0 Å². The second kappa shape index (κ2) is 12.8. The van der Waals surface area contributed by atoms with Gasteiger partial charge in [0.25, 0.3) is 5.91 Å². The Balaban J connectivity index is 0.00000387. The third-order valence-electron chi connectivity index (χ3n) is 6.98. The van der Waals surface area contributed by atoms with Gasteiger partial charge in [0.15, 0.2) is 0 Å². The standard InChI is InChI=1S/C30H30F2N4O4.H2S/c1-18(2)21-13-25(31)24(26(32)14-21)17-40-23-5-3-19(4-6-23)27-28(20-7-9-33-10-8-20)34-36-12-11-35(15-22(38)16-37)30(39)29(27)36;/h3-10,13-14,18,22,37-38H,11-12,15-17H2,1-2H3;1H2. The molecule has 2 aromatic carbocycles. The third kappa shape index (κ3) is 6.27. The number of β-amino-alcohol motifs (C(OH)–C–C–N with tert-alkyl or cyclic N) is 1. The van der Waals surface area contributed by atoms with Crippen molar-refractivity contribution in [3.8, 4) is 28.1 Å². The molecule has 8 nitrogen and oxygen atoms in total. The molecule has 0 saturated heterocycles. The van der Waals surface area contributed by atoms with E-state index in [2.05, 4.69) is 4.98 Å². The van der Waals surface area contributed by atoms with Crippen molar-refractivity contribution in [3.05, 3.63) is 89.4 Å². The summed E-state index contributed by atoms with van der Waals surface area (Å²) in [6.07, 6.45) is 2.24. The molecule has 1 atom stereocenters. The Bertz CT molecular complexity index is 1490. The van der Waals surface area contributed by atoms with E-state index in [0.29, 0.717) is 46.9 Å². The Kier molecular flexibility index (Phi) is 9.42. The maximum absolute atomic E-state index is 14.6. The van der Waals surface area contributed by atoms with Gasteiger partial charge in [-0.1, -0.05) is 26.0 Å². The van der Waals surface area contributed by atoms with Crippen LogP contribution in [0, 0.1) is 11.6 Å². The van der Waals surface area contributed by atoms with Crippen LogP contribution in [0.5, 0.6) is 5.75 Å². The largest absolute Gasteiger partial charge is 0.489 e. The van der Waals surface area contributed by atoms with Crippen LogP contribution in [0.4, 0.5) is 8.78 Å². The SMILES string of the molecule is CC(C)c1cc(F)c(COc2ccc(-c3c(-c4ccncc4)nn4c3C(=O)N(CC(O)CO)CC4)cc2)c(F)c1.S. The van der Waals surface area contributed by atoms with Crippen LogP contribution in [0.3, 0.4) is 0 Å². The van der Waals surface area contributed by atoms with Gasteiger partial charge in [0.05, 0.1) is 24.8 Å². The number of halogens is 2. The van der Waals surface area contributed by atoms with Crippen LogP contribution in [0.15, 0.2) is 60.9 Å². The van der Waals surface area contributed by atoms with Gasteiger partial charge in [-0.25, -0.2) is 8.78 Å². The molecule has 41 heavy (non-hydrogen) atoms. The summed E-state index contributed by atoms with van der Waals surface area (Å²) >= 11 is 0. The molecule has 1 amide bonds. The number of nitrogens with zero attached hydrogens (tertiary/aromatic N) is 4. The van der Waals surface area contributed by atoms with Gasteiger partial charge in [-0.3, -0.25) is 14.5 Å². The summed E-state index contributed by atoms with van der Waals surface area (Å²) in [6, 6.07) is 13.2. The predicted octanol–water partition coefficient (Wildman–Crippen LogP) is 4.51. The smallest absolute Gasteiger partial charge is 0.272 e. The fraction of sp³-hybridized carbons (Fsp3) is 0.300. The zero-order valence-corrected chi connectivity index (χ0v) is 23.7. The van der Waals surface area contributed by atoms with E-state index >= 15 is 0 Å². The molecule has 2 aromatic heterocycles. The number of amides is 1. The number of aliphatic hydroxyl groups excluding tert-OH is 2. The summed E-state index contributed by atoms with van der Waals surface area (Å²) < 4.78 is 36.5. The van der Waals surface area contributed by atoms with Crippen LogP contribution in [-0.2, 0) is 13.2 Å². The number of aliphatic hydroxyl groups is 2. The Hall–Kier alpha value is -3.80. The summed E-state index contributed by atoms with van der Waals surface area (Å²) in [5.74, 6) is -1.21. The van der Waals surface area contributed by atoms with Crippen molar-refractivity contribution in [2.24, 2.45) is 0 Å². The van der Waals surface area contributed by atoms with Crippen LogP contribution in [-0.4, -0.2) is 61.6 Å². The third-order valence-corrected chi connectivity index (χ3v) is 6.98. The Morgan fingerprint density at radius 2 is 1.66 bits per heavy atom. The molecule has 5 rings (SSSR count). The van der Waals surface area contributed by atoms with Gasteiger partial charge in [0, 0.05) is 36.6 Å². The summed E-state index contributed by atoms with van der Waals surface area (Å²) in [7, 11) is 0. The topological polar surface area (TPSA) is 101 Å². The molecule has 1 unspecified atom stereocenters. The molecule has 1 aliphatic rings. The van der Waals surface area contributed by atoms with Crippen molar-refractivity contribution in [2.75, 3.05) is 19.7 Å². The molecule has 3 heterocycles. The molecular formula is C30H32F2N4O4S. The molecule has 0 saturated carbocycles. The molecule has 216 valence electrons. The molecule has 0 radical (unpaired) electrons. The van der Waals surface area contributed by atoms with Crippen molar-refractivity contribution in [1.82, 2.24) is 19.7 Å². The first-order valence-corrected chi connectivity index (χ1v) is 13.1. The highest BCUT2D eigenvalue weighted by Gasteiger charge is 2.33. The fourth-order valence-electron chi connectivity index (χ4n) is 4.75. The van der Waals surface area contributed by atoms with Crippen molar-refractivity contribution >= 4 is 19.4 Å². The van der Waals surface area contributed by atoms with E-state index in [9.17, 15) is 23.8 Å². The van der Waals surface area contributed by atoms with E-state index in [1.165, 1.54) is 17.0 Å². The van der Waals surface area contributed by atoms with Gasteiger partial charge in [0.1, 0.15) is 35.4 Å². The highest BCUT2D eigenvalue weighted by atomic mass is 32.1. The molecule has 1 aliphatic heterocycles. The highest BCUT2D eigenvalue weighted by molar-refractivity contribution is 7.59. The number of carbonyl (C=O) groups excluding carboxylic acids is 1. The van der Waals surface area contributed by atoms with E-state index < -0.39 is 24.3 Å². The second-order valence-corrected chi connectivity index (χ2v) is 10.0. The maximum Gasteiger partial charge on any atom is 0.272 e. The first-order chi connectivity index (χ1) is 19.3. The zero-order chi connectivity index (χ0) is 28.4. The molecule has 11 heteroatoms. The molecular weight excluding hydrogens is 550 g/mol. The fourth-order valence-corrected chi connectivity index (χ4v) is 4.75. The molecule has 0 bridgehead atoms. The minimum atomic E-state index is -1.05. The van der Waals surface area contributed by atoms with Crippen molar-refractivity contribution in [2.45, 2.75) is 39.0 Å². The minimum Gasteiger partial charge on any atom is -0.489 e. The number of ether oxygens (including phenoxy) is 1. The average molecular weight is 583 g/mol. The number of carbonyl (C=O) groups is 1. The molecule has 0 fully saturated rings. The number of aromatic nitrogens is 3. The monoisotopic (exact) mass is 582 g/mol. The van der Waals surface area contributed by atoms with Crippen LogP contribution >= 0.6 is 13.5 Å². The van der Waals surface area contributed by atoms with Gasteiger partial charge in [-0.2, -0.15) is 18.6 Å². The van der Waals surface area contributed by atoms with Crippen molar-refractivity contribution in [3.63, 3.8) is 0 Å². The van der Waals surface area contributed by atoms with Gasteiger partial charge in [-0.15, -0.1) is 0 Å². The number of hydrogen-bond acceptors (Lipinski definition) is 6. The normalized spacial score (nSPS) is 13.6. The summed E-state index contributed by atoms with van der Waals surface area (Å²) in [4.78, 5) is 19.1. The van der Waals surface area contributed by atoms with E-state index in [1.807, 2.05) is 13.8 Å². The molecule has 0 aliphatic carbocycles. The quantitative estimate of drug-likeness (QED) is 0.301. The number of hydrogen-bond donors (Lipinski definition) is 2. The highest BCUT2D eigenvalue weighted by Crippen LogP contribution is 2.37. The van der Waals surface area contributed by atoms with Crippen molar-refractivity contribution < 1.29 is 28.5 Å². The zero-order valence-electron chi connectivity index (χ0n) is 22.7. The number of benzene rings is 2. The van der Waals surface area contributed by atoms with Crippen LogP contribution in [0.1, 0.15) is 41.4 Å². The van der Waals surface area contributed by atoms with E-state index in [1.54, 1.807) is 53.5 Å². The van der Waals surface area contributed by atoms with Gasteiger partial charge >= 0.3 is 0 Å². The lowest BCUT2D eigenvalue weighted by atomic mass is 9.98. The lowest BCUT2D eigenvalue weighted by molar-refractivity contribution is 0.0406. The average Bonchev–Trinajstić information content (AvgIpc) is 3.35. The predicted molar refractivity (Wildman–Crippen MR) is 155 cm³/mol. The van der Waals surface area contributed by atoms with Crippen molar-refractivity contribution in [1.29, 1.82) is 0 Å². The second-order valence-electron chi connectivity index (χ2n) is 10.0. The lowest BCUT2D eigenvalue weighted by Gasteiger charge is -2.29. The minimum absolute atomic E-state index is 0. The summed E-state index contributed by atoms with van der Waals surface area (Å²) in [6.45, 7) is 3.78. The van der Waals surface area contributed by atoms with E-state index in [4.69, 9.17) is 9.84 Å². The molecule has 0 spiro atoms. The Morgan fingerprint density at radius 1 is 1.00 bits per heavy atom. The first kappa shape index (κ1) is 30.2. The first-order valence-electron chi connectivity index (χ1n) is 13.1. The summed E-state index contributed by atoms with van der Waals surface area (Å²) in [5, 5.41) is 24.0. The van der Waals surface area contributed by atoms with Crippen LogP contribution in [0.25, 0.3) is 22.4 Å². The van der Waals surface area contributed by atoms with Gasteiger partial charge in [-0.05, 0) is 53.4 Å². The molecule has 2 N–H and O–H groups in total. The van der Waals surface area contributed by atoms with E-state index in [0.717, 1.165) is 5.56 Å². The number of rotatable bonds is 9. The Labute approximate surface area is 243 Å². The van der Waals surface area contributed by atoms with Gasteiger partial charge < -0.3 is 19.8 Å². The Morgan fingerprint density at radius 3 is 2.27 bits per heavy atom. The molecule has 4 aromatic rings.